The van der Waals surface area contributed by atoms with Crippen LogP contribution in [0.4, 0.5) is 5.82 Å². The second-order valence-corrected chi connectivity index (χ2v) is 3.59. The zero-order valence-electron chi connectivity index (χ0n) is 8.30. The summed E-state index contributed by atoms with van der Waals surface area (Å²) in [7, 11) is 0. The second kappa shape index (κ2) is 4.32. The van der Waals surface area contributed by atoms with Gasteiger partial charge in [0.1, 0.15) is 5.82 Å². The Balaban J connectivity index is 2.38. The van der Waals surface area contributed by atoms with E-state index in [1.54, 1.807) is 18.2 Å². The van der Waals surface area contributed by atoms with Crippen molar-refractivity contribution in [3.8, 4) is 0 Å². The molecule has 5 nitrogen and oxygen atoms in total. The Kier molecular flexibility index (Phi) is 2.87. The minimum Gasteiger partial charge on any atom is -0.384 e. The van der Waals surface area contributed by atoms with Crippen LogP contribution < -0.4 is 11.3 Å². The Morgan fingerprint density at radius 3 is 2.94 bits per heavy atom. The molecule has 0 aliphatic carbocycles. The normalized spacial score (nSPS) is 10.3. The first-order valence-electron chi connectivity index (χ1n) is 4.60. The number of pyridine rings is 1. The average Bonchev–Trinajstić information content (AvgIpc) is 2.27. The maximum absolute atomic E-state index is 11.4. The lowest BCUT2D eigenvalue weighted by atomic mass is 10.3. The molecule has 0 aliphatic heterocycles. The van der Waals surface area contributed by atoms with E-state index in [1.165, 1.54) is 16.9 Å². The molecular weight excluding hydrogens is 228 g/mol. The molecular formula is C10H9ClN4O. The van der Waals surface area contributed by atoms with Crippen molar-refractivity contribution in [2.24, 2.45) is 0 Å². The number of aromatic nitrogens is 3. The monoisotopic (exact) mass is 236 g/mol. The predicted molar refractivity (Wildman–Crippen MR) is 61.3 cm³/mol. The zero-order valence-corrected chi connectivity index (χ0v) is 9.05. The van der Waals surface area contributed by atoms with Crippen molar-refractivity contribution < 1.29 is 0 Å². The predicted octanol–water partition coefficient (Wildman–Crippen LogP) is 0.922. The van der Waals surface area contributed by atoms with Crippen molar-refractivity contribution in [3.63, 3.8) is 0 Å². The summed E-state index contributed by atoms with van der Waals surface area (Å²) in [6.45, 7) is 0.212. The second-order valence-electron chi connectivity index (χ2n) is 3.18. The number of halogens is 1. The van der Waals surface area contributed by atoms with Crippen molar-refractivity contribution in [2.45, 2.75) is 6.54 Å². The first-order valence-corrected chi connectivity index (χ1v) is 4.97. The molecule has 6 heteroatoms. The molecule has 0 saturated heterocycles. The third-order valence-corrected chi connectivity index (χ3v) is 2.37. The molecule has 0 amide bonds. The van der Waals surface area contributed by atoms with E-state index in [9.17, 15) is 4.79 Å². The van der Waals surface area contributed by atoms with Crippen molar-refractivity contribution in [3.05, 3.63) is 51.5 Å². The van der Waals surface area contributed by atoms with E-state index >= 15 is 0 Å². The molecule has 0 radical (unpaired) electrons. The van der Waals surface area contributed by atoms with Crippen LogP contribution in [0.3, 0.4) is 0 Å². The number of nitrogens with zero attached hydrogens (tertiary/aromatic N) is 3. The van der Waals surface area contributed by atoms with Crippen LogP contribution in [-0.2, 0) is 6.54 Å². The maximum Gasteiger partial charge on any atom is 0.267 e. The number of nitrogens with two attached hydrogens (primary N) is 1. The van der Waals surface area contributed by atoms with Gasteiger partial charge in [0.2, 0.25) is 0 Å². The Bertz CT molecular complexity index is 567. The average molecular weight is 237 g/mol. The van der Waals surface area contributed by atoms with E-state index in [2.05, 4.69) is 10.1 Å². The van der Waals surface area contributed by atoms with Crippen LogP contribution in [0.1, 0.15) is 5.69 Å². The van der Waals surface area contributed by atoms with Crippen molar-refractivity contribution in [2.75, 3.05) is 5.73 Å². The van der Waals surface area contributed by atoms with E-state index in [0.717, 1.165) is 0 Å². The standard InChI is InChI=1S/C10H9ClN4O/c11-7-3-4-9(12)14-8(7)6-15-10(16)2-1-5-13-15/h1-5H,6H2,(H2,12,14). The number of rotatable bonds is 2. The lowest BCUT2D eigenvalue weighted by molar-refractivity contribution is 0.628. The van der Waals surface area contributed by atoms with Crippen LogP contribution in [0.15, 0.2) is 35.3 Å². The first kappa shape index (κ1) is 10.6. The molecule has 16 heavy (non-hydrogen) atoms. The van der Waals surface area contributed by atoms with E-state index in [0.29, 0.717) is 16.5 Å². The Morgan fingerprint density at radius 2 is 2.19 bits per heavy atom. The van der Waals surface area contributed by atoms with Crippen molar-refractivity contribution >= 4 is 17.4 Å². The van der Waals surface area contributed by atoms with Gasteiger partial charge >= 0.3 is 0 Å². The van der Waals surface area contributed by atoms with Crippen LogP contribution in [0.2, 0.25) is 5.02 Å². The molecule has 2 heterocycles. The van der Waals surface area contributed by atoms with Crippen LogP contribution in [0.5, 0.6) is 0 Å². The van der Waals surface area contributed by atoms with Crippen molar-refractivity contribution in [1.82, 2.24) is 14.8 Å². The van der Waals surface area contributed by atoms with E-state index in [-0.39, 0.29) is 12.1 Å². The van der Waals surface area contributed by atoms with Gasteiger partial charge in [0, 0.05) is 12.3 Å². The van der Waals surface area contributed by atoms with Gasteiger partial charge in [-0.2, -0.15) is 5.10 Å². The largest absolute Gasteiger partial charge is 0.384 e. The molecule has 0 aliphatic rings. The summed E-state index contributed by atoms with van der Waals surface area (Å²) in [6.07, 6.45) is 1.53. The molecule has 82 valence electrons. The van der Waals surface area contributed by atoms with Gasteiger partial charge in [0.25, 0.3) is 5.56 Å². The molecule has 2 N–H and O–H groups in total. The summed E-state index contributed by atoms with van der Waals surface area (Å²) in [5, 5.41) is 4.37. The Labute approximate surface area is 96.5 Å². The van der Waals surface area contributed by atoms with Gasteiger partial charge in [-0.05, 0) is 18.2 Å². The maximum atomic E-state index is 11.4. The number of nitrogen functional groups attached to an aromatic ring is 1. The minimum absolute atomic E-state index is 0.206. The van der Waals surface area contributed by atoms with Gasteiger partial charge in [0.05, 0.1) is 17.3 Å². The summed E-state index contributed by atoms with van der Waals surface area (Å²) in [5.74, 6) is 0.364. The minimum atomic E-state index is -0.206. The summed E-state index contributed by atoms with van der Waals surface area (Å²) >= 11 is 5.94. The lowest BCUT2D eigenvalue weighted by Crippen LogP contribution is -2.22. The highest BCUT2D eigenvalue weighted by atomic mass is 35.5. The molecule has 0 unspecified atom stereocenters. The van der Waals surface area contributed by atoms with Crippen LogP contribution in [-0.4, -0.2) is 14.8 Å². The molecule has 0 atom stereocenters. The Hall–Kier alpha value is -1.88. The molecule has 0 aromatic carbocycles. The fourth-order valence-electron chi connectivity index (χ4n) is 1.26. The molecule has 2 aromatic heterocycles. The van der Waals surface area contributed by atoms with E-state index in [1.807, 2.05) is 0 Å². The third kappa shape index (κ3) is 2.20. The zero-order chi connectivity index (χ0) is 11.5. The summed E-state index contributed by atoms with van der Waals surface area (Å²) in [6, 6.07) is 6.25. The summed E-state index contributed by atoms with van der Waals surface area (Å²) < 4.78 is 1.27. The van der Waals surface area contributed by atoms with Gasteiger partial charge in [-0.3, -0.25) is 4.79 Å². The number of hydrogen-bond donors (Lipinski definition) is 1. The fourth-order valence-corrected chi connectivity index (χ4v) is 1.42. The highest BCUT2D eigenvalue weighted by Crippen LogP contribution is 2.15. The Morgan fingerprint density at radius 1 is 1.38 bits per heavy atom. The molecule has 0 saturated carbocycles. The summed E-state index contributed by atoms with van der Waals surface area (Å²) in [5.41, 5.74) is 5.87. The number of anilines is 1. The molecule has 0 fully saturated rings. The van der Waals surface area contributed by atoms with E-state index < -0.39 is 0 Å². The quantitative estimate of drug-likeness (QED) is 0.842. The van der Waals surface area contributed by atoms with Gasteiger partial charge in [0.15, 0.2) is 0 Å². The fraction of sp³-hybridized carbons (Fsp3) is 0.100. The molecule has 2 rings (SSSR count). The first-order chi connectivity index (χ1) is 7.66. The highest BCUT2D eigenvalue weighted by Gasteiger charge is 2.05. The topological polar surface area (TPSA) is 73.8 Å². The molecule has 0 spiro atoms. The summed E-state index contributed by atoms with van der Waals surface area (Å²) in [4.78, 5) is 15.5. The van der Waals surface area contributed by atoms with Gasteiger partial charge in [-0.25, -0.2) is 9.67 Å². The third-order valence-electron chi connectivity index (χ3n) is 2.03. The van der Waals surface area contributed by atoms with Crippen LogP contribution in [0, 0.1) is 0 Å². The smallest absolute Gasteiger partial charge is 0.267 e. The molecule has 0 bridgehead atoms. The van der Waals surface area contributed by atoms with Crippen LogP contribution in [0.25, 0.3) is 0 Å². The number of hydrogen-bond acceptors (Lipinski definition) is 4. The van der Waals surface area contributed by atoms with Gasteiger partial charge < -0.3 is 5.73 Å². The van der Waals surface area contributed by atoms with Gasteiger partial charge in [-0.15, -0.1) is 0 Å². The highest BCUT2D eigenvalue weighted by molar-refractivity contribution is 6.31. The van der Waals surface area contributed by atoms with Gasteiger partial charge in [-0.1, -0.05) is 11.6 Å². The van der Waals surface area contributed by atoms with Crippen molar-refractivity contribution in [1.29, 1.82) is 0 Å². The van der Waals surface area contributed by atoms with E-state index in [4.69, 9.17) is 17.3 Å². The molecule has 2 aromatic rings. The van der Waals surface area contributed by atoms with Crippen LogP contribution >= 0.6 is 11.6 Å². The SMILES string of the molecule is Nc1ccc(Cl)c(Cn2ncccc2=O)n1. The lowest BCUT2D eigenvalue weighted by Gasteiger charge is -2.05.